The van der Waals surface area contributed by atoms with E-state index in [0.717, 1.165) is 17.0 Å². The number of anilines is 1. The molecule has 2 saturated heterocycles. The molecule has 1 aromatic rings. The molecule has 0 saturated carbocycles. The Bertz CT molecular complexity index is 687. The Morgan fingerprint density at radius 1 is 1.23 bits per heavy atom. The Morgan fingerprint density at radius 3 is 2.50 bits per heavy atom. The average molecular weight is 371 g/mol. The second-order valence-electron chi connectivity index (χ2n) is 6.64. The lowest BCUT2D eigenvalue weighted by Gasteiger charge is -2.36. The van der Waals surface area contributed by atoms with Gasteiger partial charge in [-0.2, -0.15) is 13.2 Å². The van der Waals surface area contributed by atoms with Gasteiger partial charge in [-0.1, -0.05) is 6.07 Å². The van der Waals surface area contributed by atoms with E-state index in [-0.39, 0.29) is 18.0 Å². The van der Waals surface area contributed by atoms with Crippen molar-refractivity contribution in [1.82, 2.24) is 10.2 Å². The fourth-order valence-electron chi connectivity index (χ4n) is 3.45. The first-order chi connectivity index (χ1) is 12.3. The first-order valence-electron chi connectivity index (χ1n) is 8.63. The van der Waals surface area contributed by atoms with E-state index in [2.05, 4.69) is 5.32 Å². The standard InChI is InChI=1S/C17H21F3N4O2/c1-12(15(25)24-6-5-21-16(24)26)22-7-9-23(10-8-22)14-4-2-3-13(11-14)17(18,19)20/h2-4,11-12H,5-10H2,1H3,(H,21,26)/p+1/t12-/m1/s1. The molecular formula is C17H22F3N4O2+. The Kier molecular flexibility index (Phi) is 5.08. The molecule has 0 aromatic heterocycles. The van der Waals surface area contributed by atoms with Gasteiger partial charge in [0.1, 0.15) is 0 Å². The van der Waals surface area contributed by atoms with Crippen molar-refractivity contribution in [2.75, 3.05) is 44.2 Å². The monoisotopic (exact) mass is 371 g/mol. The van der Waals surface area contributed by atoms with Gasteiger partial charge in [0.25, 0.3) is 5.91 Å². The molecule has 142 valence electrons. The number of imide groups is 1. The van der Waals surface area contributed by atoms with Crippen molar-refractivity contribution in [3.05, 3.63) is 29.8 Å². The van der Waals surface area contributed by atoms with E-state index in [0.29, 0.717) is 45.0 Å². The molecule has 0 aliphatic carbocycles. The Morgan fingerprint density at radius 2 is 1.92 bits per heavy atom. The average Bonchev–Trinajstić information content (AvgIpc) is 3.06. The van der Waals surface area contributed by atoms with E-state index < -0.39 is 11.7 Å². The number of carbonyl (C=O) groups excluding carboxylic acids is 2. The predicted octanol–water partition coefficient (Wildman–Crippen LogP) is 0.351. The lowest BCUT2D eigenvalue weighted by Crippen LogP contribution is -3.19. The molecule has 2 aliphatic rings. The maximum absolute atomic E-state index is 12.9. The largest absolute Gasteiger partial charge is 0.416 e. The van der Waals surface area contributed by atoms with Gasteiger partial charge in [0, 0.05) is 18.8 Å². The molecule has 0 bridgehead atoms. The maximum Gasteiger partial charge on any atom is 0.416 e. The second-order valence-corrected chi connectivity index (χ2v) is 6.64. The van der Waals surface area contributed by atoms with Crippen LogP contribution in [0, 0.1) is 0 Å². The van der Waals surface area contributed by atoms with Crippen molar-refractivity contribution in [1.29, 1.82) is 0 Å². The lowest BCUT2D eigenvalue weighted by atomic mass is 10.1. The van der Waals surface area contributed by atoms with Crippen LogP contribution in [0.5, 0.6) is 0 Å². The van der Waals surface area contributed by atoms with Crippen LogP contribution in [0.3, 0.4) is 0 Å². The molecule has 1 aromatic carbocycles. The molecular weight excluding hydrogens is 349 g/mol. The van der Waals surface area contributed by atoms with Crippen molar-refractivity contribution in [3.63, 3.8) is 0 Å². The highest BCUT2D eigenvalue weighted by Gasteiger charge is 2.37. The number of nitrogens with zero attached hydrogens (tertiary/aromatic N) is 2. The number of halogens is 3. The molecule has 2 heterocycles. The van der Waals surface area contributed by atoms with Crippen molar-refractivity contribution in [2.24, 2.45) is 0 Å². The van der Waals surface area contributed by atoms with Crippen molar-refractivity contribution in [3.8, 4) is 0 Å². The predicted molar refractivity (Wildman–Crippen MR) is 88.9 cm³/mol. The maximum atomic E-state index is 12.9. The van der Waals surface area contributed by atoms with Crippen molar-refractivity contribution in [2.45, 2.75) is 19.1 Å². The van der Waals surface area contributed by atoms with Gasteiger partial charge in [0.15, 0.2) is 6.04 Å². The summed E-state index contributed by atoms with van der Waals surface area (Å²) >= 11 is 0. The number of urea groups is 1. The van der Waals surface area contributed by atoms with Crippen LogP contribution in [0.25, 0.3) is 0 Å². The van der Waals surface area contributed by atoms with E-state index in [1.807, 2.05) is 4.90 Å². The highest BCUT2D eigenvalue weighted by Crippen LogP contribution is 2.31. The van der Waals surface area contributed by atoms with Gasteiger partial charge in [0.05, 0.1) is 31.7 Å². The van der Waals surface area contributed by atoms with E-state index in [9.17, 15) is 22.8 Å². The summed E-state index contributed by atoms with van der Waals surface area (Å²) in [5, 5.41) is 2.61. The third-order valence-corrected chi connectivity index (χ3v) is 5.05. The molecule has 0 unspecified atom stereocenters. The van der Waals surface area contributed by atoms with E-state index in [1.165, 1.54) is 11.0 Å². The van der Waals surface area contributed by atoms with Gasteiger partial charge in [0.2, 0.25) is 0 Å². The van der Waals surface area contributed by atoms with E-state index in [1.54, 1.807) is 13.0 Å². The Hall–Kier alpha value is -2.29. The van der Waals surface area contributed by atoms with Crippen LogP contribution in [0.1, 0.15) is 12.5 Å². The summed E-state index contributed by atoms with van der Waals surface area (Å²) in [5.74, 6) is -0.206. The minimum absolute atomic E-state index is 0.206. The highest BCUT2D eigenvalue weighted by atomic mass is 19.4. The molecule has 9 heteroatoms. The number of alkyl halides is 3. The zero-order valence-corrected chi connectivity index (χ0v) is 14.5. The molecule has 3 amide bonds. The van der Waals surface area contributed by atoms with Gasteiger partial charge in [-0.15, -0.1) is 0 Å². The Labute approximate surface area is 149 Å². The number of hydrogen-bond donors (Lipinski definition) is 2. The van der Waals surface area contributed by atoms with Crippen LogP contribution >= 0.6 is 0 Å². The van der Waals surface area contributed by atoms with Gasteiger partial charge < -0.3 is 15.1 Å². The summed E-state index contributed by atoms with van der Waals surface area (Å²) in [6, 6.07) is 4.59. The third-order valence-electron chi connectivity index (χ3n) is 5.05. The quantitative estimate of drug-likeness (QED) is 0.806. The third kappa shape index (κ3) is 3.77. The van der Waals surface area contributed by atoms with Gasteiger partial charge in [-0.25, -0.2) is 4.79 Å². The summed E-state index contributed by atoms with van der Waals surface area (Å²) in [6.45, 7) is 5.00. The molecule has 1 atom stereocenters. The molecule has 0 spiro atoms. The normalized spacial score (nSPS) is 20.2. The van der Waals surface area contributed by atoms with Gasteiger partial charge >= 0.3 is 12.2 Å². The summed E-state index contributed by atoms with van der Waals surface area (Å²) in [7, 11) is 0. The SMILES string of the molecule is C[C@H](C(=O)N1CCNC1=O)[NH+]1CCN(c2cccc(C(F)(F)F)c2)CC1. The molecule has 3 rings (SSSR count). The lowest BCUT2D eigenvalue weighted by molar-refractivity contribution is -0.915. The van der Waals surface area contributed by atoms with Crippen LogP contribution < -0.4 is 15.1 Å². The fourth-order valence-corrected chi connectivity index (χ4v) is 3.45. The van der Waals surface area contributed by atoms with Gasteiger partial charge in [-0.05, 0) is 25.1 Å². The first kappa shape index (κ1) is 18.5. The summed E-state index contributed by atoms with van der Waals surface area (Å²) in [6.07, 6.45) is -4.36. The van der Waals surface area contributed by atoms with Crippen LogP contribution in [0.2, 0.25) is 0 Å². The van der Waals surface area contributed by atoms with Crippen LogP contribution in [-0.2, 0) is 11.0 Å². The second kappa shape index (κ2) is 7.14. The summed E-state index contributed by atoms with van der Waals surface area (Å²) in [5.41, 5.74) is -0.120. The number of nitrogens with one attached hydrogen (secondary N) is 2. The Balaban J connectivity index is 1.60. The number of carbonyl (C=O) groups is 2. The number of hydrogen-bond acceptors (Lipinski definition) is 3. The van der Waals surface area contributed by atoms with Gasteiger partial charge in [-0.3, -0.25) is 9.69 Å². The fraction of sp³-hybridized carbons (Fsp3) is 0.529. The summed E-state index contributed by atoms with van der Waals surface area (Å²) in [4.78, 5) is 28.3. The highest BCUT2D eigenvalue weighted by molar-refractivity contribution is 5.97. The topological polar surface area (TPSA) is 57.1 Å². The zero-order valence-electron chi connectivity index (χ0n) is 14.5. The minimum Gasteiger partial charge on any atom is -0.360 e. The molecule has 2 aliphatic heterocycles. The molecule has 2 fully saturated rings. The van der Waals surface area contributed by atoms with Crippen LogP contribution in [-0.4, -0.2) is 62.1 Å². The number of benzene rings is 1. The number of rotatable bonds is 3. The molecule has 26 heavy (non-hydrogen) atoms. The molecule has 2 N–H and O–H groups in total. The first-order valence-corrected chi connectivity index (χ1v) is 8.63. The number of quaternary nitrogens is 1. The van der Waals surface area contributed by atoms with Crippen LogP contribution in [0.15, 0.2) is 24.3 Å². The van der Waals surface area contributed by atoms with Crippen molar-refractivity contribution < 1.29 is 27.7 Å². The number of amides is 3. The minimum atomic E-state index is -4.36. The number of piperazine rings is 1. The van der Waals surface area contributed by atoms with E-state index >= 15 is 0 Å². The zero-order chi connectivity index (χ0) is 18.9. The van der Waals surface area contributed by atoms with E-state index in [4.69, 9.17) is 0 Å². The molecule has 0 radical (unpaired) electrons. The smallest absolute Gasteiger partial charge is 0.360 e. The molecule has 6 nitrogen and oxygen atoms in total. The van der Waals surface area contributed by atoms with Crippen LogP contribution in [0.4, 0.5) is 23.7 Å². The summed E-state index contributed by atoms with van der Waals surface area (Å²) < 4.78 is 38.6. The van der Waals surface area contributed by atoms with Crippen molar-refractivity contribution >= 4 is 17.6 Å².